The Labute approximate surface area is 190 Å². The number of carbonyl (C=O) groups excluding carboxylic acids is 3. The molecule has 3 aromatic rings. The number of amides is 4. The molecule has 1 fully saturated rings. The van der Waals surface area contributed by atoms with Gasteiger partial charge in [0.2, 0.25) is 5.91 Å². The first-order chi connectivity index (χ1) is 15.3. The molecule has 1 saturated heterocycles. The van der Waals surface area contributed by atoms with Crippen LogP contribution in [-0.2, 0) is 21.7 Å². The van der Waals surface area contributed by atoms with Crippen molar-refractivity contribution < 1.29 is 14.4 Å². The summed E-state index contributed by atoms with van der Waals surface area (Å²) in [6.45, 7) is 3.67. The molecule has 2 heterocycles. The fraction of sp³-hybridized carbons (Fsp3) is 0.217. The highest BCUT2D eigenvalue weighted by Crippen LogP contribution is 2.29. The molecular formula is C23H22ClN5O3. The van der Waals surface area contributed by atoms with Crippen LogP contribution in [0.2, 0.25) is 5.02 Å². The second kappa shape index (κ2) is 8.47. The molecule has 1 aromatic heterocycles. The number of halogens is 1. The average Bonchev–Trinajstić information content (AvgIpc) is 3.26. The summed E-state index contributed by atoms with van der Waals surface area (Å²) in [7, 11) is 0. The topological polar surface area (TPSA) is 96.3 Å². The number of aromatic nitrogens is 2. The van der Waals surface area contributed by atoms with Crippen LogP contribution in [0.25, 0.3) is 0 Å². The van der Waals surface area contributed by atoms with E-state index in [1.54, 1.807) is 48.1 Å². The molecule has 8 nitrogen and oxygen atoms in total. The first kappa shape index (κ1) is 21.6. The predicted molar refractivity (Wildman–Crippen MR) is 120 cm³/mol. The molecular weight excluding hydrogens is 430 g/mol. The molecule has 0 bridgehead atoms. The van der Waals surface area contributed by atoms with Gasteiger partial charge in [0.1, 0.15) is 17.9 Å². The number of imide groups is 1. The van der Waals surface area contributed by atoms with Gasteiger partial charge in [-0.1, -0.05) is 53.6 Å². The van der Waals surface area contributed by atoms with Crippen molar-refractivity contribution in [3.63, 3.8) is 0 Å². The van der Waals surface area contributed by atoms with Crippen molar-refractivity contribution in [3.05, 3.63) is 82.5 Å². The van der Waals surface area contributed by atoms with Gasteiger partial charge in [0.15, 0.2) is 0 Å². The van der Waals surface area contributed by atoms with Gasteiger partial charge in [-0.25, -0.2) is 9.48 Å². The largest absolute Gasteiger partial charge is 0.325 e. The van der Waals surface area contributed by atoms with Crippen LogP contribution in [0.5, 0.6) is 0 Å². The maximum atomic E-state index is 13.0. The Hall–Kier alpha value is -3.65. The Kier molecular flexibility index (Phi) is 5.71. The van der Waals surface area contributed by atoms with Crippen LogP contribution in [0.15, 0.2) is 60.8 Å². The summed E-state index contributed by atoms with van der Waals surface area (Å²) in [6, 6.07) is 15.7. The lowest BCUT2D eigenvalue weighted by Crippen LogP contribution is -2.42. The minimum Gasteiger partial charge on any atom is -0.319 e. The lowest BCUT2D eigenvalue weighted by Gasteiger charge is -2.22. The zero-order chi connectivity index (χ0) is 22.9. The highest BCUT2D eigenvalue weighted by atomic mass is 35.5. The first-order valence-electron chi connectivity index (χ1n) is 10.0. The van der Waals surface area contributed by atoms with Gasteiger partial charge in [-0.05, 0) is 37.1 Å². The van der Waals surface area contributed by atoms with Crippen molar-refractivity contribution in [2.75, 3.05) is 11.9 Å². The second-order valence-electron chi connectivity index (χ2n) is 7.86. The minimum atomic E-state index is -1.27. The third kappa shape index (κ3) is 4.22. The van der Waals surface area contributed by atoms with Gasteiger partial charge in [-0.15, -0.1) is 0 Å². The van der Waals surface area contributed by atoms with E-state index in [0.717, 1.165) is 16.0 Å². The molecule has 2 N–H and O–H groups in total. The summed E-state index contributed by atoms with van der Waals surface area (Å²) in [5, 5.41) is 10.2. The molecule has 1 unspecified atom stereocenters. The molecule has 1 aliphatic rings. The van der Waals surface area contributed by atoms with Crippen molar-refractivity contribution in [2.24, 2.45) is 0 Å². The zero-order valence-electron chi connectivity index (χ0n) is 17.6. The van der Waals surface area contributed by atoms with Gasteiger partial charge >= 0.3 is 6.03 Å². The summed E-state index contributed by atoms with van der Waals surface area (Å²) in [6.07, 6.45) is 1.58. The highest BCUT2D eigenvalue weighted by molar-refractivity contribution is 6.30. The molecule has 1 atom stereocenters. The normalized spacial score (nSPS) is 18.0. The van der Waals surface area contributed by atoms with Gasteiger partial charge in [0.25, 0.3) is 5.91 Å². The molecule has 0 spiro atoms. The molecule has 0 aliphatic carbocycles. The number of rotatable bonds is 6. The molecule has 4 rings (SSSR count). The summed E-state index contributed by atoms with van der Waals surface area (Å²) >= 11 is 5.92. The van der Waals surface area contributed by atoms with E-state index >= 15 is 0 Å². The first-order valence-corrected chi connectivity index (χ1v) is 10.4. The summed E-state index contributed by atoms with van der Waals surface area (Å²) in [5.41, 5.74) is 1.48. The third-order valence-electron chi connectivity index (χ3n) is 5.40. The number of nitrogens with zero attached hydrogens (tertiary/aromatic N) is 3. The van der Waals surface area contributed by atoms with Crippen LogP contribution < -0.4 is 10.6 Å². The number of urea groups is 1. The van der Waals surface area contributed by atoms with Gasteiger partial charge in [0, 0.05) is 11.1 Å². The van der Waals surface area contributed by atoms with E-state index in [-0.39, 0.29) is 0 Å². The van der Waals surface area contributed by atoms with Gasteiger partial charge in [0.05, 0.1) is 12.7 Å². The number of hydrogen-bond acceptors (Lipinski definition) is 4. The molecule has 164 valence electrons. The second-order valence-corrected chi connectivity index (χ2v) is 8.30. The van der Waals surface area contributed by atoms with Gasteiger partial charge < -0.3 is 10.6 Å². The number of aryl methyl sites for hydroxylation is 1. The number of nitrogens with one attached hydrogen (secondary N) is 2. The van der Waals surface area contributed by atoms with Crippen molar-refractivity contribution >= 4 is 35.3 Å². The Morgan fingerprint density at radius 2 is 1.91 bits per heavy atom. The van der Waals surface area contributed by atoms with E-state index in [4.69, 9.17) is 11.6 Å². The van der Waals surface area contributed by atoms with E-state index in [1.807, 2.05) is 31.2 Å². The Bertz CT molecular complexity index is 1190. The minimum absolute atomic E-state index is 0.413. The van der Waals surface area contributed by atoms with E-state index in [0.29, 0.717) is 22.9 Å². The molecule has 32 heavy (non-hydrogen) atoms. The lowest BCUT2D eigenvalue weighted by molar-refractivity contribution is -0.133. The number of hydrogen-bond donors (Lipinski definition) is 2. The van der Waals surface area contributed by atoms with Crippen LogP contribution >= 0.6 is 11.6 Å². The highest BCUT2D eigenvalue weighted by Gasteiger charge is 2.49. The van der Waals surface area contributed by atoms with Crippen molar-refractivity contribution in [1.82, 2.24) is 20.0 Å². The van der Waals surface area contributed by atoms with Gasteiger partial charge in [-0.3, -0.25) is 14.5 Å². The van der Waals surface area contributed by atoms with Gasteiger partial charge in [-0.2, -0.15) is 5.10 Å². The lowest BCUT2D eigenvalue weighted by atomic mass is 9.92. The number of anilines is 1. The molecule has 2 aromatic carbocycles. The molecule has 0 radical (unpaired) electrons. The standard InChI is InChI=1S/C23H22ClN5O3/c1-15-4-3-5-16(12-15)13-29-19(10-11-25-29)26-20(30)14-28-21(31)23(2,27-22(28)32)17-6-8-18(24)9-7-17/h3-12H,13-14H2,1-2H3,(H,26,30)(H,27,32). The average molecular weight is 452 g/mol. The maximum Gasteiger partial charge on any atom is 0.325 e. The van der Waals surface area contributed by atoms with Crippen LogP contribution in [0.4, 0.5) is 10.6 Å². The SMILES string of the molecule is Cc1cccc(Cn2nccc2NC(=O)CN2C(=O)NC(C)(c3ccc(Cl)cc3)C2=O)c1. The molecule has 0 saturated carbocycles. The van der Waals surface area contributed by atoms with Crippen molar-refractivity contribution in [1.29, 1.82) is 0 Å². The van der Waals surface area contributed by atoms with Crippen molar-refractivity contribution in [3.8, 4) is 0 Å². The fourth-order valence-corrected chi connectivity index (χ4v) is 3.82. The Balaban J connectivity index is 1.45. The van der Waals surface area contributed by atoms with Crippen LogP contribution in [-0.4, -0.2) is 39.1 Å². The molecule has 4 amide bonds. The van der Waals surface area contributed by atoms with Crippen LogP contribution in [0.1, 0.15) is 23.6 Å². The predicted octanol–water partition coefficient (Wildman–Crippen LogP) is 3.30. The van der Waals surface area contributed by atoms with Crippen molar-refractivity contribution in [2.45, 2.75) is 25.9 Å². The number of carbonyl (C=O) groups is 3. The van der Waals surface area contributed by atoms with Crippen LogP contribution in [0.3, 0.4) is 0 Å². The van der Waals surface area contributed by atoms with E-state index in [1.165, 1.54) is 0 Å². The monoisotopic (exact) mass is 451 g/mol. The quantitative estimate of drug-likeness (QED) is 0.562. The zero-order valence-corrected chi connectivity index (χ0v) is 18.4. The Morgan fingerprint density at radius 1 is 1.16 bits per heavy atom. The summed E-state index contributed by atoms with van der Waals surface area (Å²) in [4.78, 5) is 39.1. The van der Waals surface area contributed by atoms with Crippen LogP contribution in [0, 0.1) is 6.92 Å². The fourth-order valence-electron chi connectivity index (χ4n) is 3.69. The van der Waals surface area contributed by atoms with E-state index < -0.39 is 29.9 Å². The third-order valence-corrected chi connectivity index (χ3v) is 5.65. The Morgan fingerprint density at radius 3 is 2.62 bits per heavy atom. The molecule has 9 heteroatoms. The summed E-state index contributed by atoms with van der Waals surface area (Å²) < 4.78 is 1.65. The smallest absolute Gasteiger partial charge is 0.319 e. The number of benzene rings is 2. The molecule has 1 aliphatic heterocycles. The maximum absolute atomic E-state index is 13.0. The summed E-state index contributed by atoms with van der Waals surface area (Å²) in [5.74, 6) is -0.530. The van der Waals surface area contributed by atoms with E-state index in [9.17, 15) is 14.4 Å². The van der Waals surface area contributed by atoms with E-state index in [2.05, 4.69) is 15.7 Å².